The van der Waals surface area contributed by atoms with Gasteiger partial charge in [-0.25, -0.2) is 0 Å². The Hall–Kier alpha value is -0.560. The van der Waals surface area contributed by atoms with E-state index >= 15 is 0 Å². The van der Waals surface area contributed by atoms with Gasteiger partial charge in [-0.1, -0.05) is 17.7 Å². The molecule has 70 valence electrons. The lowest BCUT2D eigenvalue weighted by Gasteiger charge is -2.29. The average molecular weight is 175 g/mol. The van der Waals surface area contributed by atoms with Gasteiger partial charge in [-0.2, -0.15) is 0 Å². The third kappa shape index (κ3) is 1.18. The third-order valence-electron chi connectivity index (χ3n) is 3.80. The molecule has 1 fully saturated rings. The van der Waals surface area contributed by atoms with E-state index in [1.165, 1.54) is 32.2 Å². The molecule has 1 nitrogen and oxygen atoms in total. The van der Waals surface area contributed by atoms with Crippen LogP contribution in [-0.4, -0.2) is 13.1 Å². The van der Waals surface area contributed by atoms with E-state index in [0.717, 1.165) is 18.4 Å². The van der Waals surface area contributed by atoms with Gasteiger partial charge in [0.05, 0.1) is 0 Å². The van der Waals surface area contributed by atoms with Crippen molar-refractivity contribution in [1.29, 1.82) is 0 Å². The van der Waals surface area contributed by atoms with Crippen LogP contribution in [0.25, 0.3) is 0 Å². The molecule has 3 rings (SSSR count). The minimum atomic E-state index is 0.908. The van der Waals surface area contributed by atoms with Crippen LogP contribution in [-0.2, 0) is 0 Å². The molecule has 0 aromatic rings. The predicted octanol–water partition coefficient (Wildman–Crippen LogP) is 2.26. The van der Waals surface area contributed by atoms with E-state index in [2.05, 4.69) is 17.5 Å². The van der Waals surface area contributed by atoms with Crippen molar-refractivity contribution >= 4 is 0 Å². The van der Waals surface area contributed by atoms with Gasteiger partial charge in [-0.15, -0.1) is 0 Å². The molecular formula is C12H17N. The maximum atomic E-state index is 3.47. The van der Waals surface area contributed by atoms with Crippen LogP contribution in [0.5, 0.6) is 0 Å². The SMILES string of the molecule is C1=C2C=C3CNCCC3C2CCC1. The van der Waals surface area contributed by atoms with Crippen LogP contribution in [0.4, 0.5) is 0 Å². The van der Waals surface area contributed by atoms with E-state index in [0.29, 0.717) is 0 Å². The first-order valence-electron chi connectivity index (χ1n) is 5.56. The first-order valence-corrected chi connectivity index (χ1v) is 5.56. The van der Waals surface area contributed by atoms with Gasteiger partial charge in [0.1, 0.15) is 0 Å². The lowest BCUT2D eigenvalue weighted by molar-refractivity contribution is 0.355. The van der Waals surface area contributed by atoms with E-state index in [1.54, 1.807) is 11.1 Å². The van der Waals surface area contributed by atoms with Crippen LogP contribution in [0.15, 0.2) is 23.3 Å². The molecule has 1 heterocycles. The van der Waals surface area contributed by atoms with Gasteiger partial charge in [-0.05, 0) is 49.6 Å². The minimum Gasteiger partial charge on any atom is -0.313 e. The summed E-state index contributed by atoms with van der Waals surface area (Å²) in [5.74, 6) is 1.82. The Balaban J connectivity index is 1.92. The van der Waals surface area contributed by atoms with Crippen molar-refractivity contribution in [2.24, 2.45) is 11.8 Å². The Morgan fingerprint density at radius 2 is 2.23 bits per heavy atom. The first kappa shape index (κ1) is 7.81. The Labute approximate surface area is 79.9 Å². The summed E-state index contributed by atoms with van der Waals surface area (Å²) in [6.45, 7) is 2.38. The van der Waals surface area contributed by atoms with Crippen molar-refractivity contribution in [1.82, 2.24) is 5.32 Å². The molecule has 1 saturated heterocycles. The van der Waals surface area contributed by atoms with Crippen LogP contribution in [0.1, 0.15) is 25.7 Å². The number of hydrogen-bond donors (Lipinski definition) is 1. The van der Waals surface area contributed by atoms with Crippen LogP contribution >= 0.6 is 0 Å². The van der Waals surface area contributed by atoms with E-state index in [-0.39, 0.29) is 0 Å². The number of fused-ring (bicyclic) bond motifs is 3. The van der Waals surface area contributed by atoms with Gasteiger partial charge in [-0.3, -0.25) is 0 Å². The van der Waals surface area contributed by atoms with Crippen molar-refractivity contribution in [3.05, 3.63) is 23.3 Å². The van der Waals surface area contributed by atoms with Gasteiger partial charge >= 0.3 is 0 Å². The molecule has 0 bridgehead atoms. The maximum absolute atomic E-state index is 3.47. The molecule has 1 heteroatoms. The highest BCUT2D eigenvalue weighted by atomic mass is 14.9. The quantitative estimate of drug-likeness (QED) is 0.595. The average Bonchev–Trinajstić information content (AvgIpc) is 2.56. The Morgan fingerprint density at radius 3 is 3.23 bits per heavy atom. The van der Waals surface area contributed by atoms with Gasteiger partial charge in [0.15, 0.2) is 0 Å². The molecule has 1 aliphatic heterocycles. The summed E-state index contributed by atoms with van der Waals surface area (Å²) in [4.78, 5) is 0. The predicted molar refractivity (Wildman–Crippen MR) is 54.5 cm³/mol. The van der Waals surface area contributed by atoms with Gasteiger partial charge in [0, 0.05) is 6.54 Å². The lowest BCUT2D eigenvalue weighted by atomic mass is 9.79. The molecule has 0 spiro atoms. The molecule has 13 heavy (non-hydrogen) atoms. The van der Waals surface area contributed by atoms with Crippen molar-refractivity contribution in [3.8, 4) is 0 Å². The second-order valence-corrected chi connectivity index (χ2v) is 4.53. The summed E-state index contributed by atoms with van der Waals surface area (Å²) >= 11 is 0. The standard InChI is InChI=1S/C12H17N/c1-2-4-11-9(3-1)7-10-8-13-6-5-12(10)11/h3,7,11-13H,1-2,4-6,8H2. The molecule has 3 aliphatic rings. The molecule has 1 N–H and O–H groups in total. The Morgan fingerprint density at radius 1 is 1.23 bits per heavy atom. The molecule has 0 aromatic heterocycles. The zero-order valence-corrected chi connectivity index (χ0v) is 8.05. The van der Waals surface area contributed by atoms with Gasteiger partial charge in [0.25, 0.3) is 0 Å². The summed E-state index contributed by atoms with van der Waals surface area (Å²) in [7, 11) is 0. The summed E-state index contributed by atoms with van der Waals surface area (Å²) in [6, 6.07) is 0. The highest BCUT2D eigenvalue weighted by Crippen LogP contribution is 2.44. The largest absolute Gasteiger partial charge is 0.313 e. The minimum absolute atomic E-state index is 0.908. The number of rotatable bonds is 0. The monoisotopic (exact) mass is 175 g/mol. The van der Waals surface area contributed by atoms with E-state index in [4.69, 9.17) is 0 Å². The first-order chi connectivity index (χ1) is 6.45. The highest BCUT2D eigenvalue weighted by Gasteiger charge is 2.34. The molecule has 2 atom stereocenters. The van der Waals surface area contributed by atoms with Crippen LogP contribution in [0.3, 0.4) is 0 Å². The summed E-state index contributed by atoms with van der Waals surface area (Å²) in [5, 5.41) is 3.47. The molecule has 0 radical (unpaired) electrons. The molecular weight excluding hydrogens is 158 g/mol. The molecule has 0 saturated carbocycles. The third-order valence-corrected chi connectivity index (χ3v) is 3.80. The fourth-order valence-electron chi connectivity index (χ4n) is 3.16. The molecule has 2 unspecified atom stereocenters. The fourth-order valence-corrected chi connectivity index (χ4v) is 3.16. The van der Waals surface area contributed by atoms with Gasteiger partial charge < -0.3 is 5.32 Å². The second-order valence-electron chi connectivity index (χ2n) is 4.53. The van der Waals surface area contributed by atoms with Crippen molar-refractivity contribution in [2.75, 3.05) is 13.1 Å². The van der Waals surface area contributed by atoms with E-state index < -0.39 is 0 Å². The molecule has 0 amide bonds. The second kappa shape index (κ2) is 2.98. The lowest BCUT2D eigenvalue weighted by Crippen LogP contribution is -2.31. The topological polar surface area (TPSA) is 12.0 Å². The van der Waals surface area contributed by atoms with E-state index in [1.807, 2.05) is 0 Å². The number of allylic oxidation sites excluding steroid dienone is 3. The molecule has 2 aliphatic carbocycles. The molecule has 0 aromatic carbocycles. The van der Waals surface area contributed by atoms with Crippen molar-refractivity contribution < 1.29 is 0 Å². The number of nitrogens with one attached hydrogen (secondary N) is 1. The van der Waals surface area contributed by atoms with E-state index in [9.17, 15) is 0 Å². The van der Waals surface area contributed by atoms with Crippen molar-refractivity contribution in [3.63, 3.8) is 0 Å². The highest BCUT2D eigenvalue weighted by molar-refractivity contribution is 5.38. The summed E-state index contributed by atoms with van der Waals surface area (Å²) < 4.78 is 0. The smallest absolute Gasteiger partial charge is 0.0170 e. The zero-order chi connectivity index (χ0) is 8.67. The van der Waals surface area contributed by atoms with Gasteiger partial charge in [0.2, 0.25) is 0 Å². The Bertz CT molecular complexity index is 275. The normalized spacial score (nSPS) is 37.5. The summed E-state index contributed by atoms with van der Waals surface area (Å²) in [6.07, 6.45) is 10.5. The zero-order valence-electron chi connectivity index (χ0n) is 8.05. The summed E-state index contributed by atoms with van der Waals surface area (Å²) in [5.41, 5.74) is 3.35. The fraction of sp³-hybridized carbons (Fsp3) is 0.667. The van der Waals surface area contributed by atoms with Crippen molar-refractivity contribution in [2.45, 2.75) is 25.7 Å². The maximum Gasteiger partial charge on any atom is 0.0170 e. The van der Waals surface area contributed by atoms with Crippen LogP contribution in [0, 0.1) is 11.8 Å². The van der Waals surface area contributed by atoms with Crippen LogP contribution in [0.2, 0.25) is 0 Å². The number of hydrogen-bond acceptors (Lipinski definition) is 1. The number of piperidine rings is 1. The Kier molecular flexibility index (Phi) is 1.79. The van der Waals surface area contributed by atoms with Crippen LogP contribution < -0.4 is 5.32 Å².